The molecule has 2 rings (SSSR count). The summed E-state index contributed by atoms with van der Waals surface area (Å²) in [6.07, 6.45) is 1.87. The maximum atomic E-state index is 12.0. The van der Waals surface area contributed by atoms with E-state index in [4.69, 9.17) is 27.9 Å². The van der Waals surface area contributed by atoms with Crippen LogP contribution in [0, 0.1) is 0 Å². The smallest absolute Gasteiger partial charge is 0.239 e. The van der Waals surface area contributed by atoms with Gasteiger partial charge < -0.3 is 15.4 Å². The van der Waals surface area contributed by atoms with Crippen LogP contribution in [0.4, 0.5) is 0 Å². The number of hydrogen-bond acceptors (Lipinski definition) is 3. The molecule has 0 radical (unpaired) electrons. The van der Waals surface area contributed by atoms with Crippen molar-refractivity contribution in [2.75, 3.05) is 13.2 Å². The van der Waals surface area contributed by atoms with Crippen LogP contribution in [0.1, 0.15) is 37.8 Å². The van der Waals surface area contributed by atoms with Crippen LogP contribution in [0.5, 0.6) is 5.75 Å². The van der Waals surface area contributed by atoms with Crippen molar-refractivity contribution in [3.63, 3.8) is 0 Å². The van der Waals surface area contributed by atoms with Crippen LogP contribution >= 0.6 is 23.2 Å². The summed E-state index contributed by atoms with van der Waals surface area (Å²) in [6, 6.07) is 3.29. The monoisotopic (exact) mass is 344 g/mol. The molecule has 0 fully saturated rings. The number of rotatable bonds is 4. The Hall–Kier alpha value is -1.46. The summed E-state index contributed by atoms with van der Waals surface area (Å²) in [4.78, 5) is 23.2. The lowest BCUT2D eigenvalue weighted by atomic mass is 10.0. The summed E-state index contributed by atoms with van der Waals surface area (Å²) in [5.74, 6) is 0.120. The highest BCUT2D eigenvalue weighted by Crippen LogP contribution is 2.40. The van der Waals surface area contributed by atoms with Crippen molar-refractivity contribution in [3.8, 4) is 5.75 Å². The number of amides is 2. The van der Waals surface area contributed by atoms with Crippen LogP contribution in [0.3, 0.4) is 0 Å². The number of carbonyl (C=O) groups is 2. The van der Waals surface area contributed by atoms with Crippen molar-refractivity contribution in [1.82, 2.24) is 10.6 Å². The molecule has 5 nitrogen and oxygen atoms in total. The normalized spacial score (nSPS) is 17.0. The molecule has 120 valence electrons. The summed E-state index contributed by atoms with van der Waals surface area (Å²) in [5, 5.41) is 6.24. The van der Waals surface area contributed by atoms with E-state index >= 15 is 0 Å². The Morgan fingerprint density at radius 3 is 2.82 bits per heavy atom. The van der Waals surface area contributed by atoms with Gasteiger partial charge in [0.25, 0.3) is 0 Å². The fourth-order valence-electron chi connectivity index (χ4n) is 2.28. The second-order valence-electron chi connectivity index (χ2n) is 5.02. The first-order valence-corrected chi connectivity index (χ1v) is 7.95. The first-order chi connectivity index (χ1) is 10.5. The van der Waals surface area contributed by atoms with Crippen LogP contribution in [-0.2, 0) is 9.59 Å². The summed E-state index contributed by atoms with van der Waals surface area (Å²) in [5.41, 5.74) is 0.807. The summed E-state index contributed by atoms with van der Waals surface area (Å²) in [7, 11) is 0. The minimum atomic E-state index is -0.245. The molecule has 7 heteroatoms. The number of ether oxygens (including phenoxy) is 1. The number of hydrogen-bond donors (Lipinski definition) is 2. The van der Waals surface area contributed by atoms with Gasteiger partial charge in [-0.1, -0.05) is 36.2 Å². The molecular weight excluding hydrogens is 327 g/mol. The molecule has 1 unspecified atom stereocenters. The third kappa shape index (κ3) is 4.05. The van der Waals surface area contributed by atoms with Crippen molar-refractivity contribution in [2.24, 2.45) is 0 Å². The predicted octanol–water partition coefficient (Wildman–Crippen LogP) is 2.85. The Kier molecular flexibility index (Phi) is 5.91. The maximum absolute atomic E-state index is 12.0. The van der Waals surface area contributed by atoms with Crippen molar-refractivity contribution >= 4 is 35.0 Å². The molecule has 2 amide bonds. The highest BCUT2D eigenvalue weighted by atomic mass is 35.5. The fraction of sp³-hybridized carbons (Fsp3) is 0.467. The molecule has 1 aliphatic rings. The van der Waals surface area contributed by atoms with Crippen LogP contribution < -0.4 is 15.4 Å². The highest BCUT2D eigenvalue weighted by molar-refractivity contribution is 6.43. The maximum Gasteiger partial charge on any atom is 0.239 e. The molecule has 0 aliphatic carbocycles. The molecule has 22 heavy (non-hydrogen) atoms. The van der Waals surface area contributed by atoms with E-state index in [-0.39, 0.29) is 24.4 Å². The van der Waals surface area contributed by atoms with Crippen molar-refractivity contribution < 1.29 is 14.3 Å². The molecule has 0 saturated carbocycles. The van der Waals surface area contributed by atoms with E-state index in [1.807, 2.05) is 6.07 Å². The van der Waals surface area contributed by atoms with Gasteiger partial charge in [0.15, 0.2) is 0 Å². The van der Waals surface area contributed by atoms with E-state index in [1.54, 1.807) is 13.0 Å². The molecule has 1 atom stereocenters. The number of halogens is 2. The van der Waals surface area contributed by atoms with Gasteiger partial charge in [-0.3, -0.25) is 9.59 Å². The molecular formula is C15H18Cl2N2O3. The van der Waals surface area contributed by atoms with Crippen molar-refractivity contribution in [3.05, 3.63) is 27.7 Å². The van der Waals surface area contributed by atoms with Gasteiger partial charge in [0, 0.05) is 12.0 Å². The Morgan fingerprint density at radius 1 is 1.32 bits per heavy atom. The van der Waals surface area contributed by atoms with E-state index in [0.717, 1.165) is 18.4 Å². The van der Waals surface area contributed by atoms with Crippen LogP contribution in [0.2, 0.25) is 10.0 Å². The molecule has 0 spiro atoms. The van der Waals surface area contributed by atoms with Crippen LogP contribution in [0.25, 0.3) is 0 Å². The van der Waals surface area contributed by atoms with Gasteiger partial charge in [-0.2, -0.15) is 0 Å². The Bertz CT molecular complexity index is 578. The van der Waals surface area contributed by atoms with E-state index in [9.17, 15) is 9.59 Å². The topological polar surface area (TPSA) is 67.4 Å². The fourth-order valence-corrected chi connectivity index (χ4v) is 2.66. The third-order valence-electron chi connectivity index (χ3n) is 3.44. The number of nitrogens with one attached hydrogen (secondary N) is 2. The lowest BCUT2D eigenvalue weighted by Crippen LogP contribution is -2.38. The Morgan fingerprint density at radius 2 is 2.09 bits per heavy atom. The van der Waals surface area contributed by atoms with Gasteiger partial charge >= 0.3 is 0 Å². The van der Waals surface area contributed by atoms with Gasteiger partial charge in [0.1, 0.15) is 10.8 Å². The molecule has 1 aromatic rings. The first-order valence-electron chi connectivity index (χ1n) is 7.19. The van der Waals surface area contributed by atoms with Crippen LogP contribution in [0.15, 0.2) is 12.1 Å². The Labute approximate surface area is 139 Å². The third-order valence-corrected chi connectivity index (χ3v) is 4.23. The zero-order valence-electron chi connectivity index (χ0n) is 12.2. The van der Waals surface area contributed by atoms with E-state index < -0.39 is 0 Å². The standard InChI is InChI=1S/C15H18Cl2N2O3/c1-2-12(20)18-8-13(21)19-11-4-3-7-22-15-9(11)5-6-10(16)14(15)17/h5-6,11H,2-4,7-8H2,1H3,(H,18,20)(H,19,21). The molecule has 1 heterocycles. The summed E-state index contributed by atoms with van der Waals surface area (Å²) >= 11 is 12.2. The predicted molar refractivity (Wildman–Crippen MR) is 85.4 cm³/mol. The minimum absolute atomic E-state index is 0.0410. The summed E-state index contributed by atoms with van der Waals surface area (Å²) in [6.45, 7) is 2.21. The zero-order valence-corrected chi connectivity index (χ0v) is 13.8. The van der Waals surface area contributed by atoms with Gasteiger partial charge in [-0.15, -0.1) is 0 Å². The van der Waals surface area contributed by atoms with Gasteiger partial charge in [-0.05, 0) is 18.9 Å². The number of carbonyl (C=O) groups excluding carboxylic acids is 2. The van der Waals surface area contributed by atoms with Gasteiger partial charge in [0.05, 0.1) is 24.2 Å². The number of benzene rings is 1. The highest BCUT2D eigenvalue weighted by Gasteiger charge is 2.24. The molecule has 2 N–H and O–H groups in total. The second kappa shape index (κ2) is 7.70. The quantitative estimate of drug-likeness (QED) is 0.882. The minimum Gasteiger partial charge on any atom is -0.492 e. The van der Waals surface area contributed by atoms with Gasteiger partial charge in [-0.25, -0.2) is 0 Å². The van der Waals surface area contributed by atoms with E-state index in [2.05, 4.69) is 10.6 Å². The molecule has 0 aromatic heterocycles. The number of fused-ring (bicyclic) bond motifs is 1. The average molecular weight is 345 g/mol. The van der Waals surface area contributed by atoms with Gasteiger partial charge in [0.2, 0.25) is 11.8 Å². The first kappa shape index (κ1) is 16.9. The largest absolute Gasteiger partial charge is 0.492 e. The second-order valence-corrected chi connectivity index (χ2v) is 5.81. The molecule has 0 saturated heterocycles. The Balaban J connectivity index is 2.11. The summed E-state index contributed by atoms with van der Waals surface area (Å²) < 4.78 is 5.65. The zero-order chi connectivity index (χ0) is 16.1. The van der Waals surface area contributed by atoms with E-state index in [0.29, 0.717) is 28.8 Å². The lowest BCUT2D eigenvalue weighted by molar-refractivity contribution is -0.126. The van der Waals surface area contributed by atoms with Crippen molar-refractivity contribution in [1.29, 1.82) is 0 Å². The lowest BCUT2D eigenvalue weighted by Gasteiger charge is -2.19. The SMILES string of the molecule is CCC(=O)NCC(=O)NC1CCCOc2c1ccc(Cl)c2Cl. The average Bonchev–Trinajstić information content (AvgIpc) is 2.71. The van der Waals surface area contributed by atoms with Crippen LogP contribution in [-0.4, -0.2) is 25.0 Å². The van der Waals surface area contributed by atoms with Crippen molar-refractivity contribution in [2.45, 2.75) is 32.2 Å². The molecule has 1 aromatic carbocycles. The van der Waals surface area contributed by atoms with E-state index in [1.165, 1.54) is 0 Å². The molecule has 1 aliphatic heterocycles. The molecule has 0 bridgehead atoms.